The van der Waals surface area contributed by atoms with Crippen molar-refractivity contribution in [3.8, 4) is 17.6 Å². The Morgan fingerprint density at radius 2 is 1.84 bits per heavy atom. The SMILES string of the molecule is COc1ccc(CC(=O)N2CC3CC2[C@@H]2C(=O)N(c4ccc(C#N)c(C(F)(F)F)c4)C(=O)N32)cc1OC. The van der Waals surface area contributed by atoms with Crippen LogP contribution in [0.15, 0.2) is 36.4 Å². The number of rotatable bonds is 5. The number of ether oxygens (including phenoxy) is 2. The van der Waals surface area contributed by atoms with Gasteiger partial charge in [-0.15, -0.1) is 0 Å². The molecule has 0 spiro atoms. The second kappa shape index (κ2) is 8.69. The minimum Gasteiger partial charge on any atom is -0.493 e. The highest BCUT2D eigenvalue weighted by atomic mass is 19.4. The zero-order valence-electron chi connectivity index (χ0n) is 19.8. The lowest BCUT2D eigenvalue weighted by Gasteiger charge is -2.35. The number of likely N-dealkylation sites (tertiary alicyclic amines) is 1. The molecule has 9 nitrogen and oxygen atoms in total. The molecule has 37 heavy (non-hydrogen) atoms. The zero-order valence-corrected chi connectivity index (χ0v) is 19.8. The Balaban J connectivity index is 1.38. The first-order valence-corrected chi connectivity index (χ1v) is 11.4. The number of fused-ring (bicyclic) bond motifs is 5. The Bertz CT molecular complexity index is 1350. The first-order chi connectivity index (χ1) is 17.6. The van der Waals surface area contributed by atoms with Gasteiger partial charge in [-0.2, -0.15) is 18.4 Å². The highest BCUT2D eigenvalue weighted by Gasteiger charge is 2.62. The Hall–Kier alpha value is -4.27. The average molecular weight is 514 g/mol. The van der Waals surface area contributed by atoms with Crippen LogP contribution in [0.25, 0.3) is 0 Å². The third-order valence-corrected chi connectivity index (χ3v) is 7.08. The third-order valence-electron chi connectivity index (χ3n) is 7.08. The van der Waals surface area contributed by atoms with Crippen LogP contribution in [-0.2, 0) is 22.2 Å². The van der Waals surface area contributed by atoms with E-state index in [1.165, 1.54) is 25.2 Å². The van der Waals surface area contributed by atoms with Crippen LogP contribution < -0.4 is 14.4 Å². The Kier molecular flexibility index (Phi) is 5.73. The van der Waals surface area contributed by atoms with Crippen molar-refractivity contribution in [1.82, 2.24) is 9.80 Å². The van der Waals surface area contributed by atoms with Gasteiger partial charge in [-0.1, -0.05) is 6.07 Å². The Labute approximate surface area is 209 Å². The van der Waals surface area contributed by atoms with Crippen LogP contribution in [0.2, 0.25) is 0 Å². The van der Waals surface area contributed by atoms with Crippen molar-refractivity contribution in [2.75, 3.05) is 25.7 Å². The molecule has 3 fully saturated rings. The van der Waals surface area contributed by atoms with E-state index in [9.17, 15) is 27.6 Å². The topological polar surface area (TPSA) is 103 Å². The molecule has 2 aromatic carbocycles. The Morgan fingerprint density at radius 1 is 1.11 bits per heavy atom. The number of urea groups is 1. The minimum atomic E-state index is -4.84. The molecule has 0 aliphatic carbocycles. The summed E-state index contributed by atoms with van der Waals surface area (Å²) < 4.78 is 50.9. The average Bonchev–Trinajstić information content (AvgIpc) is 3.54. The first-order valence-electron chi connectivity index (χ1n) is 11.4. The molecule has 0 aromatic heterocycles. The smallest absolute Gasteiger partial charge is 0.417 e. The number of carbonyl (C=O) groups excluding carboxylic acids is 3. The second-order valence-corrected chi connectivity index (χ2v) is 9.02. The summed E-state index contributed by atoms with van der Waals surface area (Å²) in [6.07, 6.45) is -4.39. The van der Waals surface area contributed by atoms with Crippen LogP contribution in [0.4, 0.5) is 23.7 Å². The molecule has 192 valence electrons. The van der Waals surface area contributed by atoms with Crippen LogP contribution in [0.5, 0.6) is 11.5 Å². The van der Waals surface area contributed by atoms with Gasteiger partial charge in [-0.05, 0) is 42.3 Å². The van der Waals surface area contributed by atoms with E-state index in [1.54, 1.807) is 23.1 Å². The van der Waals surface area contributed by atoms with Gasteiger partial charge < -0.3 is 19.3 Å². The highest BCUT2D eigenvalue weighted by Crippen LogP contribution is 2.43. The van der Waals surface area contributed by atoms with Crippen molar-refractivity contribution in [3.05, 3.63) is 53.1 Å². The summed E-state index contributed by atoms with van der Waals surface area (Å²) in [6.45, 7) is 0.224. The van der Waals surface area contributed by atoms with Crippen molar-refractivity contribution in [3.63, 3.8) is 0 Å². The number of nitriles is 1. The van der Waals surface area contributed by atoms with E-state index in [4.69, 9.17) is 14.7 Å². The molecule has 3 aliphatic heterocycles. The van der Waals surface area contributed by atoms with Crippen LogP contribution in [-0.4, -0.2) is 66.5 Å². The largest absolute Gasteiger partial charge is 0.493 e. The van der Waals surface area contributed by atoms with Crippen LogP contribution >= 0.6 is 0 Å². The monoisotopic (exact) mass is 514 g/mol. The van der Waals surface area contributed by atoms with E-state index in [2.05, 4.69) is 0 Å². The molecule has 12 heteroatoms. The number of hydrogen-bond donors (Lipinski definition) is 0. The number of piperazine rings is 1. The number of hydrogen-bond acceptors (Lipinski definition) is 6. The molecule has 2 unspecified atom stereocenters. The number of halogens is 3. The van der Waals surface area contributed by atoms with Gasteiger partial charge in [-0.3, -0.25) is 9.59 Å². The Morgan fingerprint density at radius 3 is 2.49 bits per heavy atom. The quantitative estimate of drug-likeness (QED) is 0.569. The van der Waals surface area contributed by atoms with E-state index in [-0.39, 0.29) is 24.6 Å². The summed E-state index contributed by atoms with van der Waals surface area (Å²) in [7, 11) is 2.98. The normalized spacial score (nSPS) is 22.4. The molecule has 2 aromatic rings. The zero-order chi connectivity index (χ0) is 26.6. The van der Waals surface area contributed by atoms with E-state index in [0.717, 1.165) is 12.1 Å². The standard InChI is InChI=1S/C25H21F3N4O5/c1-36-19-6-3-13(7-20(19)37-2)8-21(33)30-12-16-10-18(30)22-23(34)32(24(35)31(16)22)15-5-4-14(11-29)17(9-15)25(26,27)28/h3-7,9,16,18,22H,8,10,12H2,1-2H3/t16?,18?,22-/m1/s1. The fourth-order valence-electron chi connectivity index (χ4n) is 5.45. The second-order valence-electron chi connectivity index (χ2n) is 9.02. The summed E-state index contributed by atoms with van der Waals surface area (Å²) in [5, 5.41) is 9.04. The summed E-state index contributed by atoms with van der Waals surface area (Å²) in [5.74, 6) is 0.0470. The maximum Gasteiger partial charge on any atom is 0.417 e. The van der Waals surface area contributed by atoms with Gasteiger partial charge in [-0.25, -0.2) is 9.69 Å². The van der Waals surface area contributed by atoms with Crippen molar-refractivity contribution >= 4 is 23.5 Å². The molecule has 5 rings (SSSR count). The fourth-order valence-corrected chi connectivity index (χ4v) is 5.45. The van der Waals surface area contributed by atoms with Gasteiger partial charge in [0.05, 0.1) is 55.6 Å². The van der Waals surface area contributed by atoms with Gasteiger partial charge >= 0.3 is 12.2 Å². The molecule has 2 bridgehead atoms. The summed E-state index contributed by atoms with van der Waals surface area (Å²) >= 11 is 0. The van der Waals surface area contributed by atoms with Crippen molar-refractivity contribution in [2.45, 2.75) is 37.1 Å². The van der Waals surface area contributed by atoms with Crippen LogP contribution in [0, 0.1) is 11.3 Å². The molecule has 3 aliphatic rings. The number of alkyl halides is 3. The van der Waals surface area contributed by atoms with Crippen molar-refractivity contribution in [1.29, 1.82) is 5.26 Å². The fraction of sp³-hybridized carbons (Fsp3) is 0.360. The van der Waals surface area contributed by atoms with E-state index in [1.807, 2.05) is 0 Å². The molecule has 3 atom stereocenters. The lowest BCUT2D eigenvalue weighted by atomic mass is 10.0. The predicted molar refractivity (Wildman–Crippen MR) is 122 cm³/mol. The maximum atomic E-state index is 13.5. The molecule has 3 heterocycles. The summed E-state index contributed by atoms with van der Waals surface area (Å²) in [5.41, 5.74) is -1.42. The molecular formula is C25H21F3N4O5. The lowest BCUT2D eigenvalue weighted by molar-refractivity contribution is -0.138. The summed E-state index contributed by atoms with van der Waals surface area (Å²) in [6, 6.07) is 6.59. The van der Waals surface area contributed by atoms with Gasteiger partial charge in [0.25, 0.3) is 5.91 Å². The van der Waals surface area contributed by atoms with E-state index >= 15 is 0 Å². The first kappa shape index (κ1) is 24.4. The molecule has 0 radical (unpaired) electrons. The van der Waals surface area contributed by atoms with Crippen molar-refractivity contribution in [2.24, 2.45) is 0 Å². The minimum absolute atomic E-state index is 0.0344. The van der Waals surface area contributed by atoms with E-state index in [0.29, 0.717) is 34.4 Å². The number of imide groups is 1. The number of methoxy groups -OCH3 is 2. The third kappa shape index (κ3) is 3.82. The van der Waals surface area contributed by atoms with Crippen molar-refractivity contribution < 1.29 is 37.0 Å². The highest BCUT2D eigenvalue weighted by molar-refractivity contribution is 6.22. The van der Waals surface area contributed by atoms with Gasteiger partial charge in [0.2, 0.25) is 5.91 Å². The maximum absolute atomic E-state index is 13.5. The number of carbonyl (C=O) groups is 3. The number of benzene rings is 2. The predicted octanol–water partition coefficient (Wildman–Crippen LogP) is 2.96. The van der Waals surface area contributed by atoms with Gasteiger partial charge in [0.15, 0.2) is 11.5 Å². The number of nitrogens with zero attached hydrogens (tertiary/aromatic N) is 4. The number of anilines is 1. The summed E-state index contributed by atoms with van der Waals surface area (Å²) in [4.78, 5) is 43.3. The molecule has 0 saturated carbocycles. The van der Waals surface area contributed by atoms with Crippen LogP contribution in [0.3, 0.4) is 0 Å². The van der Waals surface area contributed by atoms with E-state index < -0.39 is 47.4 Å². The van der Waals surface area contributed by atoms with Gasteiger partial charge in [0.1, 0.15) is 6.04 Å². The molecule has 4 amide bonds. The lowest BCUT2D eigenvalue weighted by Crippen LogP contribution is -2.55. The molecule has 0 N–H and O–H groups in total. The number of amides is 4. The van der Waals surface area contributed by atoms with Gasteiger partial charge in [0, 0.05) is 6.54 Å². The molecular weight excluding hydrogens is 493 g/mol. The van der Waals surface area contributed by atoms with Crippen LogP contribution in [0.1, 0.15) is 23.1 Å². The molecule has 3 saturated heterocycles.